The van der Waals surface area contributed by atoms with Crippen molar-refractivity contribution in [3.63, 3.8) is 0 Å². The molecule has 0 amide bonds. The van der Waals surface area contributed by atoms with Gasteiger partial charge in [0.25, 0.3) is 0 Å². The summed E-state index contributed by atoms with van der Waals surface area (Å²) in [4.78, 5) is 10.4. The highest BCUT2D eigenvalue weighted by Crippen LogP contribution is 2.45. The number of nitrogens with one attached hydrogen (secondary N) is 1. The first-order valence-electron chi connectivity index (χ1n) is 12.1. The van der Waals surface area contributed by atoms with E-state index in [0.717, 1.165) is 28.1 Å². The number of thiophene rings is 1. The van der Waals surface area contributed by atoms with E-state index in [4.69, 9.17) is 9.97 Å². The van der Waals surface area contributed by atoms with Crippen molar-refractivity contribution in [1.29, 1.82) is 0 Å². The number of benzene rings is 4. The molecule has 7 aromatic rings. The first-order valence-corrected chi connectivity index (χ1v) is 12.9. The minimum Gasteiger partial charge on any atom is -0.379 e. The number of hydrogen-bond acceptors (Lipinski definition) is 4. The van der Waals surface area contributed by atoms with Gasteiger partial charge in [0.15, 0.2) is 5.82 Å². The van der Waals surface area contributed by atoms with Crippen LogP contribution in [0.3, 0.4) is 0 Å². The van der Waals surface area contributed by atoms with Crippen LogP contribution < -0.4 is 5.32 Å². The largest absolute Gasteiger partial charge is 0.379 e. The minimum atomic E-state index is -0.0657. The Balaban J connectivity index is 1.56. The SMILES string of the molecule is C1=CNC(c2nc3ccccc3nc2-n2c3ccccc3c3sc4c5ccccc5ccc4c32)C=C1. The van der Waals surface area contributed by atoms with Gasteiger partial charge >= 0.3 is 0 Å². The summed E-state index contributed by atoms with van der Waals surface area (Å²) in [5, 5.41) is 8.52. The molecule has 5 heteroatoms. The molecule has 3 aromatic heterocycles. The average Bonchev–Trinajstić information content (AvgIpc) is 3.48. The van der Waals surface area contributed by atoms with Crippen LogP contribution in [0.1, 0.15) is 11.7 Å². The number of rotatable bonds is 2. The van der Waals surface area contributed by atoms with E-state index in [1.54, 1.807) is 0 Å². The third-order valence-electron chi connectivity index (χ3n) is 7.04. The lowest BCUT2D eigenvalue weighted by Gasteiger charge is -2.20. The van der Waals surface area contributed by atoms with E-state index in [0.29, 0.717) is 0 Å². The van der Waals surface area contributed by atoms with Crippen LogP contribution in [-0.2, 0) is 0 Å². The van der Waals surface area contributed by atoms with Gasteiger partial charge in [0.05, 0.1) is 32.8 Å². The predicted octanol–water partition coefficient (Wildman–Crippen LogP) is 7.81. The molecule has 4 heterocycles. The third-order valence-corrected chi connectivity index (χ3v) is 8.30. The van der Waals surface area contributed by atoms with Gasteiger partial charge in [-0.1, -0.05) is 78.9 Å². The van der Waals surface area contributed by atoms with Gasteiger partial charge in [-0.05, 0) is 41.2 Å². The topological polar surface area (TPSA) is 42.7 Å². The molecule has 1 atom stereocenters. The van der Waals surface area contributed by atoms with E-state index in [9.17, 15) is 0 Å². The zero-order valence-electron chi connectivity index (χ0n) is 19.2. The Labute approximate surface area is 210 Å². The summed E-state index contributed by atoms with van der Waals surface area (Å²) in [6.07, 6.45) is 8.19. The molecule has 1 aliphatic heterocycles. The van der Waals surface area contributed by atoms with E-state index >= 15 is 0 Å². The first kappa shape index (κ1) is 19.8. The van der Waals surface area contributed by atoms with Crippen molar-refractivity contribution in [3.05, 3.63) is 115 Å². The van der Waals surface area contributed by atoms with Crippen molar-refractivity contribution in [2.24, 2.45) is 0 Å². The van der Waals surface area contributed by atoms with Crippen LogP contribution in [-0.4, -0.2) is 14.5 Å². The molecule has 4 nitrogen and oxygen atoms in total. The van der Waals surface area contributed by atoms with E-state index < -0.39 is 0 Å². The van der Waals surface area contributed by atoms with E-state index in [1.165, 1.54) is 36.5 Å². The fourth-order valence-electron chi connectivity index (χ4n) is 5.41. The van der Waals surface area contributed by atoms with Crippen LogP contribution in [0, 0.1) is 0 Å². The molecule has 4 aromatic carbocycles. The minimum absolute atomic E-state index is 0.0657. The number of aromatic nitrogens is 3. The molecule has 36 heavy (non-hydrogen) atoms. The molecule has 0 aliphatic carbocycles. The van der Waals surface area contributed by atoms with Crippen LogP contribution in [0.25, 0.3) is 58.8 Å². The predicted molar refractivity (Wildman–Crippen MR) is 151 cm³/mol. The van der Waals surface area contributed by atoms with Crippen molar-refractivity contribution in [2.45, 2.75) is 6.04 Å². The Morgan fingerprint density at radius 2 is 1.47 bits per heavy atom. The van der Waals surface area contributed by atoms with Crippen LogP contribution in [0.4, 0.5) is 0 Å². The molecule has 0 fully saturated rings. The molecule has 0 radical (unpaired) electrons. The van der Waals surface area contributed by atoms with Gasteiger partial charge in [0.2, 0.25) is 0 Å². The van der Waals surface area contributed by atoms with E-state index in [2.05, 4.69) is 82.7 Å². The van der Waals surface area contributed by atoms with Gasteiger partial charge < -0.3 is 5.32 Å². The van der Waals surface area contributed by atoms with Crippen LogP contribution in [0.2, 0.25) is 0 Å². The maximum absolute atomic E-state index is 5.25. The quantitative estimate of drug-likeness (QED) is 0.274. The average molecular weight is 481 g/mol. The molecule has 0 saturated carbocycles. The van der Waals surface area contributed by atoms with Crippen molar-refractivity contribution in [2.75, 3.05) is 0 Å². The number of fused-ring (bicyclic) bond motifs is 8. The van der Waals surface area contributed by atoms with Crippen molar-refractivity contribution in [3.8, 4) is 5.82 Å². The van der Waals surface area contributed by atoms with Crippen molar-refractivity contribution < 1.29 is 0 Å². The normalized spacial score (nSPS) is 15.5. The maximum Gasteiger partial charge on any atom is 0.162 e. The molecular weight excluding hydrogens is 460 g/mol. The zero-order valence-corrected chi connectivity index (χ0v) is 20.0. The van der Waals surface area contributed by atoms with Gasteiger partial charge in [-0.2, -0.15) is 0 Å². The van der Waals surface area contributed by atoms with Gasteiger partial charge in [-0.15, -0.1) is 11.3 Å². The van der Waals surface area contributed by atoms with Gasteiger partial charge in [-0.25, -0.2) is 9.97 Å². The molecule has 0 bridgehead atoms. The van der Waals surface area contributed by atoms with Gasteiger partial charge in [-0.3, -0.25) is 4.57 Å². The smallest absolute Gasteiger partial charge is 0.162 e. The summed E-state index contributed by atoms with van der Waals surface area (Å²) in [7, 11) is 0. The van der Waals surface area contributed by atoms with Gasteiger partial charge in [0.1, 0.15) is 5.69 Å². The number of nitrogens with zero attached hydrogens (tertiary/aromatic N) is 3. The van der Waals surface area contributed by atoms with Gasteiger partial charge in [0, 0.05) is 15.5 Å². The molecule has 8 rings (SSSR count). The fraction of sp³-hybridized carbons (Fsp3) is 0.0323. The van der Waals surface area contributed by atoms with E-state index in [-0.39, 0.29) is 6.04 Å². The lowest BCUT2D eigenvalue weighted by molar-refractivity contribution is 0.713. The summed E-state index contributed by atoms with van der Waals surface area (Å²) >= 11 is 1.87. The number of dihydropyridines is 1. The molecule has 170 valence electrons. The lowest BCUT2D eigenvalue weighted by Crippen LogP contribution is -2.20. The Morgan fingerprint density at radius 3 is 2.33 bits per heavy atom. The summed E-state index contributed by atoms with van der Waals surface area (Å²) in [6.45, 7) is 0. The second-order valence-corrected chi connectivity index (χ2v) is 10.1. The highest BCUT2D eigenvalue weighted by atomic mass is 32.1. The Hall–Kier alpha value is -4.48. The number of hydrogen-bond donors (Lipinski definition) is 1. The maximum atomic E-state index is 5.25. The Bertz CT molecular complexity index is 2040. The number of para-hydroxylation sites is 3. The van der Waals surface area contributed by atoms with Crippen molar-refractivity contribution in [1.82, 2.24) is 19.9 Å². The van der Waals surface area contributed by atoms with Crippen LogP contribution in [0.5, 0.6) is 0 Å². The second-order valence-electron chi connectivity index (χ2n) is 9.11. The van der Waals surface area contributed by atoms with Crippen LogP contribution in [0.15, 0.2) is 109 Å². The molecule has 1 unspecified atom stereocenters. The third kappa shape index (κ3) is 2.75. The summed E-state index contributed by atoms with van der Waals surface area (Å²) in [5.41, 5.74) is 5.05. The molecule has 1 aliphatic rings. The summed E-state index contributed by atoms with van der Waals surface area (Å²) in [5.74, 6) is 0.866. The van der Waals surface area contributed by atoms with Crippen molar-refractivity contribution >= 4 is 64.3 Å². The Kier molecular flexibility index (Phi) is 4.13. The second kappa shape index (κ2) is 7.51. The highest BCUT2D eigenvalue weighted by Gasteiger charge is 2.24. The molecular formula is C31H20N4S. The monoisotopic (exact) mass is 480 g/mol. The first-order chi connectivity index (χ1) is 17.9. The Morgan fingerprint density at radius 1 is 0.694 bits per heavy atom. The van der Waals surface area contributed by atoms with Crippen LogP contribution >= 0.6 is 11.3 Å². The van der Waals surface area contributed by atoms with E-state index in [1.807, 2.05) is 47.9 Å². The molecule has 0 saturated heterocycles. The summed E-state index contributed by atoms with van der Waals surface area (Å²) < 4.78 is 4.93. The fourth-order valence-corrected chi connectivity index (χ4v) is 6.77. The zero-order chi connectivity index (χ0) is 23.6. The molecule has 1 N–H and O–H groups in total. The highest BCUT2D eigenvalue weighted by molar-refractivity contribution is 7.27. The standard InChI is InChI=1S/C31H20N4S/c1-2-10-20-19(9-1)16-17-22-28-30(36-29(20)22)21-11-3-6-15-26(21)35(28)31-27(25-14-7-8-18-32-25)33-23-12-4-5-13-24(23)34-31/h1-18,25,32H. The number of allylic oxidation sites excluding steroid dienone is 2. The molecule has 0 spiro atoms. The lowest BCUT2D eigenvalue weighted by atomic mass is 10.1. The summed E-state index contributed by atoms with van der Waals surface area (Å²) in [6, 6.07) is 29.8.